The second-order valence-electron chi connectivity index (χ2n) is 5.50. The van der Waals surface area contributed by atoms with E-state index in [0.29, 0.717) is 18.5 Å². The van der Waals surface area contributed by atoms with E-state index in [0.717, 1.165) is 31.5 Å². The van der Waals surface area contributed by atoms with Gasteiger partial charge in [-0.2, -0.15) is 0 Å². The van der Waals surface area contributed by atoms with Crippen LogP contribution in [0.2, 0.25) is 0 Å². The highest BCUT2D eigenvalue weighted by Gasteiger charge is 2.37. The average Bonchev–Trinajstić information content (AvgIpc) is 2.75. The lowest BCUT2D eigenvalue weighted by molar-refractivity contribution is -0.145. The van der Waals surface area contributed by atoms with Gasteiger partial charge in [0, 0.05) is 5.92 Å². The standard InChI is InChI=1S/C14H18N2O4/c1-20-14(19)10-7-3-6-9-11(13(17)18)15-12(16(9)10)8-4-2-5-8/h8,10H,2-7H2,1H3,(H,17,18). The van der Waals surface area contributed by atoms with Crippen LogP contribution in [0, 0.1) is 0 Å². The van der Waals surface area contributed by atoms with Gasteiger partial charge in [0.1, 0.15) is 11.9 Å². The van der Waals surface area contributed by atoms with Gasteiger partial charge >= 0.3 is 11.9 Å². The maximum Gasteiger partial charge on any atom is 0.356 e. The fourth-order valence-electron chi connectivity index (χ4n) is 3.15. The average molecular weight is 278 g/mol. The van der Waals surface area contributed by atoms with Gasteiger partial charge in [-0.15, -0.1) is 0 Å². The first-order valence-electron chi connectivity index (χ1n) is 7.05. The molecule has 6 nitrogen and oxygen atoms in total. The molecule has 1 aliphatic carbocycles. The van der Waals surface area contributed by atoms with Crippen molar-refractivity contribution in [3.63, 3.8) is 0 Å². The second-order valence-corrected chi connectivity index (χ2v) is 5.50. The third kappa shape index (κ3) is 1.90. The van der Waals surface area contributed by atoms with Crippen molar-refractivity contribution in [1.82, 2.24) is 9.55 Å². The molecule has 1 aromatic rings. The number of imidazole rings is 1. The third-order valence-electron chi connectivity index (χ3n) is 4.39. The number of methoxy groups -OCH3 is 1. The van der Waals surface area contributed by atoms with Crippen molar-refractivity contribution in [3.8, 4) is 0 Å². The number of hydrogen-bond acceptors (Lipinski definition) is 4. The summed E-state index contributed by atoms with van der Waals surface area (Å²) in [6, 6.07) is -0.417. The van der Waals surface area contributed by atoms with Crippen LogP contribution < -0.4 is 0 Å². The topological polar surface area (TPSA) is 81.4 Å². The molecule has 108 valence electrons. The van der Waals surface area contributed by atoms with E-state index in [-0.39, 0.29) is 17.6 Å². The highest BCUT2D eigenvalue weighted by Crippen LogP contribution is 2.40. The predicted molar refractivity (Wildman–Crippen MR) is 69.8 cm³/mol. The third-order valence-corrected chi connectivity index (χ3v) is 4.39. The number of carbonyl (C=O) groups is 2. The number of fused-ring (bicyclic) bond motifs is 1. The molecule has 0 spiro atoms. The van der Waals surface area contributed by atoms with Gasteiger partial charge in [0.2, 0.25) is 0 Å². The summed E-state index contributed by atoms with van der Waals surface area (Å²) < 4.78 is 6.72. The fraction of sp³-hybridized carbons (Fsp3) is 0.643. The van der Waals surface area contributed by atoms with E-state index in [4.69, 9.17) is 4.74 Å². The molecule has 1 saturated carbocycles. The Morgan fingerprint density at radius 1 is 1.30 bits per heavy atom. The van der Waals surface area contributed by atoms with Crippen molar-refractivity contribution in [2.24, 2.45) is 0 Å². The number of nitrogens with zero attached hydrogens (tertiary/aromatic N) is 2. The lowest BCUT2D eigenvalue weighted by atomic mass is 9.84. The van der Waals surface area contributed by atoms with E-state index >= 15 is 0 Å². The molecule has 1 aromatic heterocycles. The summed E-state index contributed by atoms with van der Waals surface area (Å²) >= 11 is 0. The Kier molecular flexibility index (Phi) is 3.23. The molecule has 0 radical (unpaired) electrons. The molecule has 0 amide bonds. The zero-order valence-electron chi connectivity index (χ0n) is 11.5. The number of hydrogen-bond donors (Lipinski definition) is 1. The van der Waals surface area contributed by atoms with Gasteiger partial charge in [-0.25, -0.2) is 14.6 Å². The largest absolute Gasteiger partial charge is 0.476 e. The molecule has 1 unspecified atom stereocenters. The molecule has 3 rings (SSSR count). The Labute approximate surface area is 116 Å². The smallest absolute Gasteiger partial charge is 0.356 e. The van der Waals surface area contributed by atoms with Crippen molar-refractivity contribution >= 4 is 11.9 Å². The second kappa shape index (κ2) is 4.92. The minimum Gasteiger partial charge on any atom is -0.476 e. The van der Waals surface area contributed by atoms with Gasteiger partial charge in [-0.1, -0.05) is 6.42 Å². The normalized spacial score (nSPS) is 21.9. The summed E-state index contributed by atoms with van der Waals surface area (Å²) in [5.41, 5.74) is 0.793. The lowest BCUT2D eigenvalue weighted by Gasteiger charge is -2.31. The number of rotatable bonds is 3. The van der Waals surface area contributed by atoms with Crippen LogP contribution >= 0.6 is 0 Å². The monoisotopic (exact) mass is 278 g/mol. The number of carboxylic acids is 1. The van der Waals surface area contributed by atoms with E-state index in [9.17, 15) is 14.7 Å². The van der Waals surface area contributed by atoms with Crippen LogP contribution in [0.4, 0.5) is 0 Å². The minimum absolute atomic E-state index is 0.112. The number of aromatic carboxylic acids is 1. The maximum absolute atomic E-state index is 12.0. The molecular weight excluding hydrogens is 260 g/mol. The summed E-state index contributed by atoms with van der Waals surface area (Å²) in [7, 11) is 1.37. The molecule has 0 saturated heterocycles. The number of esters is 1. The molecule has 0 bridgehead atoms. The first-order valence-corrected chi connectivity index (χ1v) is 7.05. The van der Waals surface area contributed by atoms with Gasteiger partial charge in [-0.3, -0.25) is 0 Å². The number of carboxylic acid groups (broad SMARTS) is 1. The molecule has 1 atom stereocenters. The van der Waals surface area contributed by atoms with Crippen molar-refractivity contribution in [1.29, 1.82) is 0 Å². The van der Waals surface area contributed by atoms with Gasteiger partial charge < -0.3 is 14.4 Å². The lowest BCUT2D eigenvalue weighted by Crippen LogP contribution is -2.29. The zero-order valence-corrected chi connectivity index (χ0v) is 11.5. The first-order chi connectivity index (χ1) is 9.63. The summed E-state index contributed by atoms with van der Waals surface area (Å²) in [4.78, 5) is 27.7. The van der Waals surface area contributed by atoms with Crippen LogP contribution in [0.15, 0.2) is 0 Å². The van der Waals surface area contributed by atoms with E-state index in [1.807, 2.05) is 4.57 Å². The first kappa shape index (κ1) is 13.1. The van der Waals surface area contributed by atoms with Crippen LogP contribution in [0.25, 0.3) is 0 Å². The Morgan fingerprint density at radius 3 is 2.60 bits per heavy atom. The van der Waals surface area contributed by atoms with E-state index in [2.05, 4.69) is 4.98 Å². The van der Waals surface area contributed by atoms with Gasteiger partial charge in [0.05, 0.1) is 12.8 Å². The molecule has 1 N–H and O–H groups in total. The molecule has 6 heteroatoms. The summed E-state index contributed by atoms with van der Waals surface area (Å²) in [5.74, 6) is -0.267. The van der Waals surface area contributed by atoms with Crippen molar-refractivity contribution in [3.05, 3.63) is 17.2 Å². The predicted octanol–water partition coefficient (Wildman–Crippen LogP) is 1.90. The Morgan fingerprint density at radius 2 is 2.05 bits per heavy atom. The van der Waals surface area contributed by atoms with Crippen molar-refractivity contribution < 1.29 is 19.4 Å². The zero-order chi connectivity index (χ0) is 14.3. The highest BCUT2D eigenvalue weighted by atomic mass is 16.5. The van der Waals surface area contributed by atoms with Crippen LogP contribution in [0.5, 0.6) is 0 Å². The minimum atomic E-state index is -1.01. The molecule has 1 fully saturated rings. The summed E-state index contributed by atoms with van der Waals surface area (Å²) in [5, 5.41) is 9.32. The Balaban J connectivity index is 2.11. The maximum atomic E-state index is 12.0. The van der Waals surface area contributed by atoms with Gasteiger partial charge in [0.15, 0.2) is 5.69 Å². The number of carbonyl (C=O) groups excluding carboxylic acids is 1. The van der Waals surface area contributed by atoms with Gasteiger partial charge in [-0.05, 0) is 32.1 Å². The van der Waals surface area contributed by atoms with Gasteiger partial charge in [0.25, 0.3) is 0 Å². The molecule has 0 aromatic carbocycles. The highest BCUT2D eigenvalue weighted by molar-refractivity contribution is 5.87. The number of aromatic nitrogens is 2. The van der Waals surface area contributed by atoms with E-state index in [1.165, 1.54) is 7.11 Å². The molecule has 2 heterocycles. The van der Waals surface area contributed by atoms with Crippen molar-refractivity contribution in [2.75, 3.05) is 7.11 Å². The Bertz CT molecular complexity index is 560. The number of ether oxygens (including phenoxy) is 1. The summed E-state index contributed by atoms with van der Waals surface area (Å²) in [6.07, 6.45) is 5.31. The van der Waals surface area contributed by atoms with Crippen LogP contribution in [-0.4, -0.2) is 33.7 Å². The van der Waals surface area contributed by atoms with Crippen LogP contribution in [0.1, 0.15) is 66.1 Å². The molecule has 2 aliphatic rings. The van der Waals surface area contributed by atoms with Crippen molar-refractivity contribution in [2.45, 2.75) is 50.5 Å². The SMILES string of the molecule is COC(=O)C1CCCc2c(C(=O)O)nc(C3CCC3)n21. The fourth-order valence-corrected chi connectivity index (χ4v) is 3.15. The Hall–Kier alpha value is -1.85. The van der Waals surface area contributed by atoms with Crippen LogP contribution in [-0.2, 0) is 16.0 Å². The summed E-state index contributed by atoms with van der Waals surface area (Å²) in [6.45, 7) is 0. The molecular formula is C14H18N2O4. The molecule has 1 aliphatic heterocycles. The van der Waals surface area contributed by atoms with E-state index < -0.39 is 12.0 Å². The van der Waals surface area contributed by atoms with E-state index in [1.54, 1.807) is 0 Å². The quantitative estimate of drug-likeness (QED) is 0.854. The molecule has 20 heavy (non-hydrogen) atoms. The van der Waals surface area contributed by atoms with Crippen LogP contribution in [0.3, 0.4) is 0 Å².